The third kappa shape index (κ3) is 4.05. The molecule has 128 valence electrons. The maximum Gasteiger partial charge on any atom is 0.269 e. The second kappa shape index (κ2) is 6.91. The summed E-state index contributed by atoms with van der Waals surface area (Å²) in [5.41, 5.74) is -0.426. The highest BCUT2D eigenvalue weighted by Crippen LogP contribution is 2.26. The number of ether oxygens (including phenoxy) is 1. The van der Waals surface area contributed by atoms with Gasteiger partial charge in [0.1, 0.15) is 0 Å². The van der Waals surface area contributed by atoms with Gasteiger partial charge in [0.15, 0.2) is 0 Å². The molecule has 0 unspecified atom stereocenters. The summed E-state index contributed by atoms with van der Waals surface area (Å²) in [7, 11) is 0.130. The molecule has 2 rings (SSSR count). The molecule has 1 aliphatic heterocycles. The van der Waals surface area contributed by atoms with Crippen molar-refractivity contribution in [2.24, 2.45) is 0 Å². The first-order chi connectivity index (χ1) is 10.8. The van der Waals surface area contributed by atoms with E-state index in [2.05, 4.69) is 4.72 Å². The van der Waals surface area contributed by atoms with Gasteiger partial charge in [0.25, 0.3) is 5.69 Å². The van der Waals surface area contributed by atoms with E-state index < -0.39 is 14.9 Å². The summed E-state index contributed by atoms with van der Waals surface area (Å²) in [6, 6.07) is 4.86. The van der Waals surface area contributed by atoms with Crippen LogP contribution in [-0.2, 0) is 14.8 Å². The van der Waals surface area contributed by atoms with Gasteiger partial charge >= 0.3 is 0 Å². The lowest BCUT2D eigenvalue weighted by molar-refractivity contribution is -0.384. The van der Waals surface area contributed by atoms with Crippen molar-refractivity contribution in [3.8, 4) is 0 Å². The molecule has 1 saturated heterocycles. The molecule has 1 aromatic rings. The topological polar surface area (TPSA) is 102 Å². The minimum absolute atomic E-state index is 0.0177. The fourth-order valence-electron chi connectivity index (χ4n) is 2.59. The number of rotatable bonds is 6. The Bertz CT molecular complexity index is 651. The average Bonchev–Trinajstić information content (AvgIpc) is 2.54. The maximum absolute atomic E-state index is 12.4. The molecule has 1 N–H and O–H groups in total. The minimum Gasteiger partial charge on any atom is -0.381 e. The standard InChI is InChI=1S/C14H21N3O5S/c1-16(2)14(7-9-22-10-8-14)11-15-23(20,21)13-5-3-12(4-6-13)17(18)19/h3-6,15H,7-11H2,1-2H3. The molecule has 0 aliphatic carbocycles. The predicted octanol–water partition coefficient (Wildman–Crippen LogP) is 0.984. The average molecular weight is 343 g/mol. The SMILES string of the molecule is CN(C)C1(CNS(=O)(=O)c2ccc([N+](=O)[O-])cc2)CCOCC1. The van der Waals surface area contributed by atoms with Crippen molar-refractivity contribution < 1.29 is 18.1 Å². The number of non-ortho nitro benzene ring substituents is 1. The van der Waals surface area contributed by atoms with Crippen LogP contribution in [0.5, 0.6) is 0 Å². The van der Waals surface area contributed by atoms with Crippen molar-refractivity contribution >= 4 is 15.7 Å². The number of benzene rings is 1. The van der Waals surface area contributed by atoms with Crippen LogP contribution in [0.3, 0.4) is 0 Å². The number of nitro groups is 1. The van der Waals surface area contributed by atoms with Crippen LogP contribution in [0.15, 0.2) is 29.2 Å². The zero-order valence-corrected chi connectivity index (χ0v) is 14.0. The Morgan fingerprint density at radius 2 is 1.83 bits per heavy atom. The van der Waals surface area contributed by atoms with Crippen molar-refractivity contribution in [2.75, 3.05) is 33.9 Å². The van der Waals surface area contributed by atoms with E-state index in [0.717, 1.165) is 12.8 Å². The monoisotopic (exact) mass is 343 g/mol. The first-order valence-corrected chi connectivity index (χ1v) is 8.74. The second-order valence-corrected chi connectivity index (χ2v) is 7.57. The van der Waals surface area contributed by atoms with Gasteiger partial charge in [-0.2, -0.15) is 0 Å². The van der Waals surface area contributed by atoms with Gasteiger partial charge in [-0.3, -0.25) is 10.1 Å². The first-order valence-electron chi connectivity index (χ1n) is 7.26. The Hall–Kier alpha value is -1.55. The molecule has 0 amide bonds. The second-order valence-electron chi connectivity index (χ2n) is 5.81. The fourth-order valence-corrected chi connectivity index (χ4v) is 3.71. The molecule has 1 aromatic carbocycles. The van der Waals surface area contributed by atoms with Gasteiger partial charge in [-0.15, -0.1) is 0 Å². The maximum atomic E-state index is 12.4. The van der Waals surface area contributed by atoms with E-state index in [1.807, 2.05) is 19.0 Å². The van der Waals surface area contributed by atoms with Crippen molar-refractivity contribution in [3.05, 3.63) is 34.4 Å². The van der Waals surface area contributed by atoms with Crippen LogP contribution >= 0.6 is 0 Å². The lowest BCUT2D eigenvalue weighted by Gasteiger charge is -2.42. The van der Waals surface area contributed by atoms with Crippen molar-refractivity contribution in [3.63, 3.8) is 0 Å². The zero-order valence-electron chi connectivity index (χ0n) is 13.2. The molecule has 0 aromatic heterocycles. The van der Waals surface area contributed by atoms with E-state index in [-0.39, 0.29) is 22.7 Å². The highest BCUT2D eigenvalue weighted by Gasteiger charge is 2.36. The van der Waals surface area contributed by atoms with Crippen LogP contribution in [-0.4, -0.2) is 57.6 Å². The summed E-state index contributed by atoms with van der Waals surface area (Å²) >= 11 is 0. The van der Waals surface area contributed by atoms with Crippen LogP contribution in [0.2, 0.25) is 0 Å². The van der Waals surface area contributed by atoms with Gasteiger partial charge < -0.3 is 9.64 Å². The summed E-state index contributed by atoms with van der Waals surface area (Å²) in [4.78, 5) is 12.1. The Kier molecular flexibility index (Phi) is 5.35. The van der Waals surface area contributed by atoms with Crippen LogP contribution in [0.4, 0.5) is 5.69 Å². The minimum atomic E-state index is -3.71. The third-order valence-electron chi connectivity index (χ3n) is 4.32. The van der Waals surface area contributed by atoms with Crippen LogP contribution in [0.1, 0.15) is 12.8 Å². The van der Waals surface area contributed by atoms with E-state index >= 15 is 0 Å². The first kappa shape index (κ1) is 17.8. The number of hydrogen-bond donors (Lipinski definition) is 1. The molecular formula is C14H21N3O5S. The smallest absolute Gasteiger partial charge is 0.269 e. The molecule has 0 bridgehead atoms. The Balaban J connectivity index is 2.12. The molecule has 1 fully saturated rings. The molecule has 0 spiro atoms. The molecule has 1 heterocycles. The van der Waals surface area contributed by atoms with Gasteiger partial charge in [0, 0.05) is 37.4 Å². The summed E-state index contributed by atoms with van der Waals surface area (Å²) in [6.45, 7) is 1.46. The summed E-state index contributed by atoms with van der Waals surface area (Å²) in [6.07, 6.45) is 1.48. The molecular weight excluding hydrogens is 322 g/mol. The quantitative estimate of drug-likeness (QED) is 0.610. The summed E-state index contributed by atoms with van der Waals surface area (Å²) in [5, 5.41) is 10.6. The summed E-state index contributed by atoms with van der Waals surface area (Å²) < 4.78 is 32.8. The van der Waals surface area contributed by atoms with Gasteiger partial charge in [-0.25, -0.2) is 13.1 Å². The Morgan fingerprint density at radius 1 is 1.26 bits per heavy atom. The molecule has 0 radical (unpaired) electrons. The van der Waals surface area contributed by atoms with Crippen molar-refractivity contribution in [1.82, 2.24) is 9.62 Å². The highest BCUT2D eigenvalue weighted by molar-refractivity contribution is 7.89. The van der Waals surface area contributed by atoms with Gasteiger partial charge in [-0.1, -0.05) is 0 Å². The van der Waals surface area contributed by atoms with E-state index in [1.54, 1.807) is 0 Å². The normalized spacial score (nSPS) is 18.0. The molecule has 23 heavy (non-hydrogen) atoms. The molecule has 0 saturated carbocycles. The molecule has 8 nitrogen and oxygen atoms in total. The van der Waals surface area contributed by atoms with Gasteiger partial charge in [-0.05, 0) is 39.1 Å². The number of nitro benzene ring substituents is 1. The fraction of sp³-hybridized carbons (Fsp3) is 0.571. The number of nitrogens with one attached hydrogen (secondary N) is 1. The highest BCUT2D eigenvalue weighted by atomic mass is 32.2. The largest absolute Gasteiger partial charge is 0.381 e. The Labute approximate surface area is 135 Å². The third-order valence-corrected chi connectivity index (χ3v) is 5.74. The Morgan fingerprint density at radius 3 is 2.30 bits per heavy atom. The number of hydrogen-bond acceptors (Lipinski definition) is 6. The lowest BCUT2D eigenvalue weighted by Crippen LogP contribution is -2.55. The summed E-state index contributed by atoms with van der Waals surface area (Å²) in [5.74, 6) is 0. The number of nitrogens with zero attached hydrogens (tertiary/aromatic N) is 2. The van der Waals surface area contributed by atoms with Crippen LogP contribution in [0.25, 0.3) is 0 Å². The van der Waals surface area contributed by atoms with Gasteiger partial charge in [0.2, 0.25) is 10.0 Å². The van der Waals surface area contributed by atoms with Crippen molar-refractivity contribution in [2.45, 2.75) is 23.3 Å². The van der Waals surface area contributed by atoms with Gasteiger partial charge in [0.05, 0.1) is 9.82 Å². The van der Waals surface area contributed by atoms with E-state index in [0.29, 0.717) is 13.2 Å². The van der Waals surface area contributed by atoms with E-state index in [4.69, 9.17) is 4.74 Å². The molecule has 1 aliphatic rings. The molecule has 0 atom stereocenters. The molecule has 9 heteroatoms. The zero-order chi connectivity index (χ0) is 17.1. The predicted molar refractivity (Wildman–Crippen MR) is 84.8 cm³/mol. The van der Waals surface area contributed by atoms with Crippen LogP contribution in [0, 0.1) is 10.1 Å². The lowest BCUT2D eigenvalue weighted by atomic mass is 9.89. The number of likely N-dealkylation sites (N-methyl/N-ethyl adjacent to an activating group) is 1. The number of sulfonamides is 1. The van der Waals surface area contributed by atoms with Crippen LogP contribution < -0.4 is 4.72 Å². The van der Waals surface area contributed by atoms with Crippen molar-refractivity contribution in [1.29, 1.82) is 0 Å². The van der Waals surface area contributed by atoms with E-state index in [9.17, 15) is 18.5 Å². The van der Waals surface area contributed by atoms with E-state index in [1.165, 1.54) is 24.3 Å².